The van der Waals surface area contributed by atoms with Gasteiger partial charge in [0.15, 0.2) is 5.78 Å². The molecule has 0 aliphatic rings. The Bertz CT molecular complexity index is 796. The first-order valence-electron chi connectivity index (χ1n) is 8.10. The van der Waals surface area contributed by atoms with Crippen LogP contribution in [0.4, 0.5) is 0 Å². The molecule has 2 aromatic heterocycles. The van der Waals surface area contributed by atoms with E-state index in [2.05, 4.69) is 17.1 Å². The Morgan fingerprint density at radius 1 is 1.20 bits per heavy atom. The van der Waals surface area contributed by atoms with Crippen LogP contribution in [0.15, 0.2) is 54.0 Å². The minimum absolute atomic E-state index is 0. The van der Waals surface area contributed by atoms with Gasteiger partial charge in [0, 0.05) is 18.2 Å². The minimum atomic E-state index is -0.117. The van der Waals surface area contributed by atoms with E-state index in [9.17, 15) is 4.79 Å². The first-order valence-corrected chi connectivity index (χ1v) is 8.98. The van der Waals surface area contributed by atoms with Crippen LogP contribution in [0.3, 0.4) is 0 Å². The average Bonchev–Trinajstić information content (AvgIpc) is 3.25. The Labute approximate surface area is 158 Å². The maximum absolute atomic E-state index is 12.6. The number of rotatable bonds is 7. The number of Topliss-reactive ketones (excluding diaryl/α,β-unsaturated/α-hetero) is 1. The number of thiophene rings is 1. The van der Waals surface area contributed by atoms with Crippen LogP contribution in [0.2, 0.25) is 0 Å². The van der Waals surface area contributed by atoms with Crippen molar-refractivity contribution >= 4 is 29.5 Å². The average molecular weight is 376 g/mol. The van der Waals surface area contributed by atoms with Crippen LogP contribution in [0.5, 0.6) is 5.75 Å². The zero-order chi connectivity index (χ0) is 16.9. The maximum atomic E-state index is 12.6. The molecule has 3 nitrogen and oxygen atoms in total. The Kier molecular flexibility index (Phi) is 6.85. The van der Waals surface area contributed by atoms with E-state index in [1.54, 1.807) is 0 Å². The number of aromatic nitrogens is 1. The van der Waals surface area contributed by atoms with Gasteiger partial charge in [-0.3, -0.25) is 4.79 Å². The van der Waals surface area contributed by atoms with Crippen LogP contribution in [0, 0.1) is 6.92 Å². The molecule has 0 saturated heterocycles. The number of benzene rings is 1. The number of carbonyl (C=O) groups is 1. The van der Waals surface area contributed by atoms with E-state index >= 15 is 0 Å². The lowest BCUT2D eigenvalue weighted by molar-refractivity contribution is 0.0980. The lowest BCUT2D eigenvalue weighted by Gasteiger charge is -2.15. The molecule has 1 unspecified atom stereocenters. The molecule has 0 bridgehead atoms. The van der Waals surface area contributed by atoms with Crippen molar-refractivity contribution in [2.75, 3.05) is 0 Å². The van der Waals surface area contributed by atoms with E-state index in [-0.39, 0.29) is 24.3 Å². The van der Waals surface area contributed by atoms with Crippen molar-refractivity contribution in [3.63, 3.8) is 0 Å². The van der Waals surface area contributed by atoms with Gasteiger partial charge in [-0.2, -0.15) is 0 Å². The number of ketones is 1. The molecule has 25 heavy (non-hydrogen) atoms. The first-order chi connectivity index (χ1) is 11.6. The molecule has 2 heterocycles. The normalized spacial score (nSPS) is 11.6. The van der Waals surface area contributed by atoms with E-state index < -0.39 is 0 Å². The van der Waals surface area contributed by atoms with Gasteiger partial charge in [0.2, 0.25) is 0 Å². The minimum Gasteiger partial charge on any atom is -0.483 e. The van der Waals surface area contributed by atoms with Gasteiger partial charge in [-0.1, -0.05) is 30.3 Å². The van der Waals surface area contributed by atoms with Gasteiger partial charge in [-0.15, -0.1) is 23.7 Å². The number of aryl methyl sites for hydroxylation is 2. The Morgan fingerprint density at radius 2 is 1.96 bits per heavy atom. The predicted molar refractivity (Wildman–Crippen MR) is 105 cm³/mol. The number of hydrogen-bond acceptors (Lipinski definition) is 3. The van der Waals surface area contributed by atoms with E-state index in [0.29, 0.717) is 6.42 Å². The third-order valence-electron chi connectivity index (χ3n) is 4.01. The summed E-state index contributed by atoms with van der Waals surface area (Å²) in [6.45, 7) is 3.97. The smallest absolute Gasteiger partial charge is 0.176 e. The Hall–Kier alpha value is -2.04. The number of halogens is 1. The number of H-pyrrole nitrogens is 1. The van der Waals surface area contributed by atoms with Crippen LogP contribution in [-0.4, -0.2) is 10.8 Å². The van der Waals surface area contributed by atoms with Gasteiger partial charge < -0.3 is 9.72 Å². The molecular formula is C20H22ClNO2S. The predicted octanol–water partition coefficient (Wildman–Crippen LogP) is 5.76. The quantitative estimate of drug-likeness (QED) is 0.533. The molecule has 1 aromatic carbocycles. The fourth-order valence-corrected chi connectivity index (χ4v) is 3.58. The van der Waals surface area contributed by atoms with Gasteiger partial charge in [0.05, 0.1) is 5.69 Å². The zero-order valence-corrected chi connectivity index (χ0v) is 16.0. The van der Waals surface area contributed by atoms with Gasteiger partial charge in [0.25, 0.3) is 0 Å². The molecule has 5 heteroatoms. The van der Waals surface area contributed by atoms with Crippen molar-refractivity contribution in [1.82, 2.24) is 4.98 Å². The fourth-order valence-electron chi connectivity index (χ4n) is 2.63. The molecule has 3 rings (SSSR count). The summed E-state index contributed by atoms with van der Waals surface area (Å²) < 4.78 is 6.09. The standard InChI is InChI=1S/C20H21NO2S.ClH/c1-14-13-24-20(18(22)11-10-16-7-4-3-5-8-16)19(14)23-15(2)17-9-6-12-21-17;/h3-9,12-13,15,21H,10-11H2,1-2H3;1H. The number of carbonyl (C=O) groups excluding carboxylic acids is 1. The van der Waals surface area contributed by atoms with Crippen LogP contribution in [-0.2, 0) is 6.42 Å². The highest BCUT2D eigenvalue weighted by molar-refractivity contribution is 7.12. The van der Waals surface area contributed by atoms with Gasteiger partial charge in [-0.25, -0.2) is 0 Å². The molecule has 0 saturated carbocycles. The molecule has 1 N–H and O–H groups in total. The molecule has 0 aliphatic carbocycles. The molecule has 3 aromatic rings. The summed E-state index contributed by atoms with van der Waals surface area (Å²) in [7, 11) is 0. The Morgan fingerprint density at radius 3 is 2.64 bits per heavy atom. The lowest BCUT2D eigenvalue weighted by Crippen LogP contribution is -2.07. The SMILES string of the molecule is Cc1csc(C(=O)CCc2ccccc2)c1OC(C)c1ccc[nH]1.Cl. The van der Waals surface area contributed by atoms with Crippen molar-refractivity contribution in [3.05, 3.63) is 75.7 Å². The van der Waals surface area contributed by atoms with E-state index in [0.717, 1.165) is 28.3 Å². The summed E-state index contributed by atoms with van der Waals surface area (Å²) in [5.41, 5.74) is 3.20. The van der Waals surface area contributed by atoms with Crippen LogP contribution < -0.4 is 4.74 Å². The molecule has 0 amide bonds. The van der Waals surface area contributed by atoms with E-state index in [1.807, 2.05) is 55.8 Å². The molecule has 0 spiro atoms. The highest BCUT2D eigenvalue weighted by Gasteiger charge is 2.20. The third-order valence-corrected chi connectivity index (χ3v) is 5.13. The highest BCUT2D eigenvalue weighted by Crippen LogP contribution is 2.34. The topological polar surface area (TPSA) is 42.1 Å². The maximum Gasteiger partial charge on any atom is 0.176 e. The summed E-state index contributed by atoms with van der Waals surface area (Å²) in [5, 5.41) is 1.99. The monoisotopic (exact) mass is 375 g/mol. The summed E-state index contributed by atoms with van der Waals surface area (Å²) in [6.07, 6.45) is 3.01. The van der Waals surface area contributed by atoms with Gasteiger partial charge >= 0.3 is 0 Å². The van der Waals surface area contributed by atoms with E-state index in [1.165, 1.54) is 16.9 Å². The van der Waals surface area contributed by atoms with Crippen molar-refractivity contribution in [2.24, 2.45) is 0 Å². The second-order valence-corrected chi connectivity index (χ2v) is 6.75. The molecular weight excluding hydrogens is 354 g/mol. The third kappa shape index (κ3) is 4.74. The fraction of sp³-hybridized carbons (Fsp3) is 0.250. The summed E-state index contributed by atoms with van der Waals surface area (Å²) >= 11 is 1.47. The number of ether oxygens (including phenoxy) is 1. The zero-order valence-electron chi connectivity index (χ0n) is 14.3. The number of hydrogen-bond donors (Lipinski definition) is 1. The van der Waals surface area contributed by atoms with Crippen LogP contribution in [0.25, 0.3) is 0 Å². The summed E-state index contributed by atoms with van der Waals surface area (Å²) in [4.78, 5) is 16.5. The van der Waals surface area contributed by atoms with Crippen LogP contribution in [0.1, 0.15) is 45.9 Å². The second-order valence-electron chi connectivity index (χ2n) is 5.87. The molecule has 0 fully saturated rings. The van der Waals surface area contributed by atoms with Gasteiger partial charge in [-0.05, 0) is 43.3 Å². The molecule has 0 aliphatic heterocycles. The van der Waals surface area contributed by atoms with Crippen molar-refractivity contribution in [3.8, 4) is 5.75 Å². The number of nitrogens with one attached hydrogen (secondary N) is 1. The largest absolute Gasteiger partial charge is 0.483 e. The second kappa shape index (κ2) is 8.88. The van der Waals surface area contributed by atoms with Gasteiger partial charge in [0.1, 0.15) is 16.7 Å². The highest BCUT2D eigenvalue weighted by atomic mass is 35.5. The summed E-state index contributed by atoms with van der Waals surface area (Å²) in [5.74, 6) is 0.866. The van der Waals surface area contributed by atoms with Crippen molar-refractivity contribution in [2.45, 2.75) is 32.8 Å². The molecule has 0 radical (unpaired) electrons. The van der Waals surface area contributed by atoms with E-state index in [4.69, 9.17) is 4.74 Å². The van der Waals surface area contributed by atoms with Crippen LogP contribution >= 0.6 is 23.7 Å². The van der Waals surface area contributed by atoms with Crippen molar-refractivity contribution in [1.29, 1.82) is 0 Å². The lowest BCUT2D eigenvalue weighted by atomic mass is 10.1. The van der Waals surface area contributed by atoms with Crippen molar-refractivity contribution < 1.29 is 9.53 Å². The molecule has 1 atom stereocenters. The Balaban J connectivity index is 0.00000225. The number of aromatic amines is 1. The first kappa shape index (κ1) is 19.3. The molecule has 132 valence electrons. The summed E-state index contributed by atoms with van der Waals surface area (Å²) in [6, 6.07) is 14.0.